The van der Waals surface area contributed by atoms with E-state index in [2.05, 4.69) is 0 Å². The van der Waals surface area contributed by atoms with Crippen LogP contribution in [0, 0.1) is 5.41 Å². The van der Waals surface area contributed by atoms with Crippen molar-refractivity contribution in [3.63, 3.8) is 0 Å². The third kappa shape index (κ3) is 2.95. The highest BCUT2D eigenvalue weighted by atomic mass is 35.5. The van der Waals surface area contributed by atoms with Crippen molar-refractivity contribution in [2.24, 2.45) is 5.41 Å². The van der Waals surface area contributed by atoms with Crippen LogP contribution in [0.15, 0.2) is 42.5 Å². The van der Waals surface area contributed by atoms with E-state index in [4.69, 9.17) is 16.3 Å². The predicted octanol–water partition coefficient (Wildman–Crippen LogP) is 4.71. The molecule has 1 atom stereocenters. The van der Waals surface area contributed by atoms with Gasteiger partial charge in [0.05, 0.1) is 5.41 Å². The average molecular weight is 317 g/mol. The zero-order valence-electron chi connectivity index (χ0n) is 12.3. The fourth-order valence-electron chi connectivity index (χ4n) is 2.81. The first-order valence-electron chi connectivity index (χ1n) is 7.25. The van der Waals surface area contributed by atoms with Gasteiger partial charge in [-0.25, -0.2) is 0 Å². The van der Waals surface area contributed by atoms with Crippen molar-refractivity contribution in [2.45, 2.75) is 26.2 Å². The molecule has 1 aliphatic rings. The smallest absolute Gasteiger partial charge is 0.309 e. The second-order valence-corrected chi connectivity index (χ2v) is 6.47. The summed E-state index contributed by atoms with van der Waals surface area (Å²) in [4.78, 5) is 11.5. The molecule has 0 spiro atoms. The molecule has 2 aromatic carbocycles. The Labute approximate surface area is 134 Å². The summed E-state index contributed by atoms with van der Waals surface area (Å²) in [5, 5.41) is 10.1. The number of carboxylic acids is 1. The molecule has 2 aromatic rings. The van der Waals surface area contributed by atoms with Crippen molar-refractivity contribution in [2.75, 3.05) is 0 Å². The Kier molecular flexibility index (Phi) is 3.83. The molecule has 0 aromatic heterocycles. The van der Waals surface area contributed by atoms with E-state index in [1.807, 2.05) is 37.3 Å². The number of fused-ring (bicyclic) bond motifs is 1. The van der Waals surface area contributed by atoms with Crippen LogP contribution in [-0.2, 0) is 17.6 Å². The van der Waals surface area contributed by atoms with Crippen molar-refractivity contribution in [1.29, 1.82) is 0 Å². The summed E-state index contributed by atoms with van der Waals surface area (Å²) in [6.07, 6.45) is 2.00. The molecule has 0 saturated heterocycles. The topological polar surface area (TPSA) is 46.5 Å². The quantitative estimate of drug-likeness (QED) is 0.891. The van der Waals surface area contributed by atoms with Crippen molar-refractivity contribution in [3.8, 4) is 11.5 Å². The van der Waals surface area contributed by atoms with E-state index in [1.165, 1.54) is 5.56 Å². The molecule has 114 valence electrons. The highest BCUT2D eigenvalue weighted by Crippen LogP contribution is 2.37. The Balaban J connectivity index is 1.84. The molecule has 0 aliphatic heterocycles. The van der Waals surface area contributed by atoms with Crippen LogP contribution in [0.3, 0.4) is 0 Å². The third-order valence-corrected chi connectivity index (χ3v) is 4.52. The standard InChI is InChI=1S/C18H17ClO3/c1-18(17(20)21)9-8-12-2-5-16(10-13(12)11-18)22-15-6-3-14(19)4-7-15/h2-7,10H,8-9,11H2,1H3,(H,20,21). The molecular formula is C18H17ClO3. The lowest BCUT2D eigenvalue weighted by atomic mass is 9.73. The van der Waals surface area contributed by atoms with Gasteiger partial charge in [-0.1, -0.05) is 17.7 Å². The second-order valence-electron chi connectivity index (χ2n) is 6.03. The highest BCUT2D eigenvalue weighted by Gasteiger charge is 2.36. The lowest BCUT2D eigenvalue weighted by Crippen LogP contribution is -2.33. The van der Waals surface area contributed by atoms with Crippen LogP contribution in [0.25, 0.3) is 0 Å². The summed E-state index contributed by atoms with van der Waals surface area (Å²) in [5.41, 5.74) is 1.58. The summed E-state index contributed by atoms with van der Waals surface area (Å²) in [6.45, 7) is 1.81. The number of aryl methyl sites for hydroxylation is 1. The fourth-order valence-corrected chi connectivity index (χ4v) is 2.94. The Hall–Kier alpha value is -2.00. The van der Waals surface area contributed by atoms with Crippen LogP contribution in [0.5, 0.6) is 11.5 Å². The van der Waals surface area contributed by atoms with Crippen LogP contribution >= 0.6 is 11.6 Å². The number of carboxylic acid groups (broad SMARTS) is 1. The van der Waals surface area contributed by atoms with Gasteiger partial charge in [0.2, 0.25) is 0 Å². The molecule has 4 heteroatoms. The van der Waals surface area contributed by atoms with Gasteiger partial charge in [0, 0.05) is 5.02 Å². The second kappa shape index (κ2) is 5.65. The van der Waals surface area contributed by atoms with E-state index < -0.39 is 11.4 Å². The molecule has 0 radical (unpaired) electrons. The zero-order valence-corrected chi connectivity index (χ0v) is 13.1. The normalized spacial score (nSPS) is 20.3. The van der Waals surface area contributed by atoms with Crippen LogP contribution in [-0.4, -0.2) is 11.1 Å². The van der Waals surface area contributed by atoms with Gasteiger partial charge in [-0.3, -0.25) is 4.79 Å². The maximum absolute atomic E-state index is 11.5. The third-order valence-electron chi connectivity index (χ3n) is 4.27. The molecule has 0 fully saturated rings. The number of aliphatic carboxylic acids is 1. The summed E-state index contributed by atoms with van der Waals surface area (Å²) >= 11 is 5.86. The van der Waals surface area contributed by atoms with Gasteiger partial charge in [-0.2, -0.15) is 0 Å². The SMILES string of the molecule is CC1(C(=O)O)CCc2ccc(Oc3ccc(Cl)cc3)cc2C1. The van der Waals surface area contributed by atoms with Crippen LogP contribution in [0.1, 0.15) is 24.5 Å². The fraction of sp³-hybridized carbons (Fsp3) is 0.278. The van der Waals surface area contributed by atoms with Gasteiger partial charge in [0.1, 0.15) is 11.5 Å². The van der Waals surface area contributed by atoms with Crippen molar-refractivity contribution in [3.05, 3.63) is 58.6 Å². The largest absolute Gasteiger partial charge is 0.481 e. The van der Waals surface area contributed by atoms with Crippen molar-refractivity contribution >= 4 is 17.6 Å². The minimum Gasteiger partial charge on any atom is -0.481 e. The maximum atomic E-state index is 11.5. The number of carbonyl (C=O) groups is 1. The van der Waals surface area contributed by atoms with Crippen LogP contribution < -0.4 is 4.74 Å². The van der Waals surface area contributed by atoms with Crippen molar-refractivity contribution < 1.29 is 14.6 Å². The van der Waals surface area contributed by atoms with E-state index in [0.29, 0.717) is 23.6 Å². The van der Waals surface area contributed by atoms with Crippen LogP contribution in [0.2, 0.25) is 5.02 Å². The molecule has 0 bridgehead atoms. The number of halogens is 1. The lowest BCUT2D eigenvalue weighted by Gasteiger charge is -2.31. The first-order valence-corrected chi connectivity index (χ1v) is 7.63. The molecule has 0 amide bonds. The van der Waals surface area contributed by atoms with Gasteiger partial charge >= 0.3 is 5.97 Å². The molecule has 1 N–H and O–H groups in total. The number of hydrogen-bond acceptors (Lipinski definition) is 2. The molecule has 22 heavy (non-hydrogen) atoms. The van der Waals surface area contributed by atoms with Gasteiger partial charge in [-0.05, 0) is 73.7 Å². The Morgan fingerprint density at radius 1 is 1.14 bits per heavy atom. The molecular weight excluding hydrogens is 300 g/mol. The minimum atomic E-state index is -0.734. The van der Waals surface area contributed by atoms with Gasteiger partial charge < -0.3 is 9.84 Å². The first kappa shape index (κ1) is 14.9. The summed E-state index contributed by atoms with van der Waals surface area (Å²) in [5.74, 6) is 0.694. The van der Waals surface area contributed by atoms with E-state index >= 15 is 0 Å². The minimum absolute atomic E-state index is 0.537. The lowest BCUT2D eigenvalue weighted by molar-refractivity contribution is -0.148. The average Bonchev–Trinajstić information content (AvgIpc) is 2.49. The van der Waals surface area contributed by atoms with E-state index in [9.17, 15) is 9.90 Å². The Morgan fingerprint density at radius 3 is 2.50 bits per heavy atom. The van der Waals surface area contributed by atoms with Gasteiger partial charge in [0.25, 0.3) is 0 Å². The molecule has 3 nitrogen and oxygen atoms in total. The molecule has 1 aliphatic carbocycles. The van der Waals surface area contributed by atoms with E-state index in [0.717, 1.165) is 17.7 Å². The van der Waals surface area contributed by atoms with Gasteiger partial charge in [0.15, 0.2) is 0 Å². The molecule has 1 unspecified atom stereocenters. The number of hydrogen-bond donors (Lipinski definition) is 1. The number of benzene rings is 2. The maximum Gasteiger partial charge on any atom is 0.309 e. The zero-order chi connectivity index (χ0) is 15.7. The summed E-state index contributed by atoms with van der Waals surface area (Å²) in [6, 6.07) is 13.1. The molecule has 0 heterocycles. The van der Waals surface area contributed by atoms with E-state index in [-0.39, 0.29) is 0 Å². The predicted molar refractivity (Wildman–Crippen MR) is 85.7 cm³/mol. The number of ether oxygens (including phenoxy) is 1. The highest BCUT2D eigenvalue weighted by molar-refractivity contribution is 6.30. The monoisotopic (exact) mass is 316 g/mol. The van der Waals surface area contributed by atoms with Crippen molar-refractivity contribution in [1.82, 2.24) is 0 Å². The molecule has 3 rings (SSSR count). The van der Waals surface area contributed by atoms with Crippen LogP contribution in [0.4, 0.5) is 0 Å². The number of rotatable bonds is 3. The summed E-state index contributed by atoms with van der Waals surface area (Å²) in [7, 11) is 0. The Bertz CT molecular complexity index is 709. The first-order chi connectivity index (χ1) is 10.5. The summed E-state index contributed by atoms with van der Waals surface area (Å²) < 4.78 is 5.82. The Morgan fingerprint density at radius 2 is 1.82 bits per heavy atom. The van der Waals surface area contributed by atoms with Gasteiger partial charge in [-0.15, -0.1) is 0 Å². The molecule has 0 saturated carbocycles. The van der Waals surface area contributed by atoms with E-state index in [1.54, 1.807) is 12.1 Å².